The Labute approximate surface area is 210 Å². The predicted molar refractivity (Wildman–Crippen MR) is 129 cm³/mol. The maximum absolute atomic E-state index is 13.1. The van der Waals surface area contributed by atoms with E-state index in [0.29, 0.717) is 11.4 Å². The van der Waals surface area contributed by atoms with Crippen LogP contribution in [0.1, 0.15) is 24.2 Å². The Bertz CT molecular complexity index is 1160. The number of rotatable bonds is 8. The molecule has 2 amide bonds. The molecule has 0 atom stereocenters. The molecule has 1 aromatic carbocycles. The third-order valence-corrected chi connectivity index (χ3v) is 7.95. The first-order valence-electron chi connectivity index (χ1n) is 10.4. The van der Waals surface area contributed by atoms with Gasteiger partial charge in [-0.1, -0.05) is 23.9 Å². The lowest BCUT2D eigenvalue weighted by Gasteiger charge is -2.22. The van der Waals surface area contributed by atoms with Crippen molar-refractivity contribution >= 4 is 50.2 Å². The number of ether oxygens (including phenoxy) is 1. The molecule has 0 radical (unpaired) electrons. The van der Waals surface area contributed by atoms with Gasteiger partial charge in [-0.25, -0.2) is 32.2 Å². The molecule has 0 aliphatic carbocycles. The van der Waals surface area contributed by atoms with Crippen LogP contribution in [0.3, 0.4) is 0 Å². The van der Waals surface area contributed by atoms with E-state index in [4.69, 9.17) is 0 Å². The quantitative estimate of drug-likeness (QED) is 0.381. The van der Waals surface area contributed by atoms with Crippen molar-refractivity contribution in [2.75, 3.05) is 23.9 Å². The molecule has 1 aliphatic heterocycles. The summed E-state index contributed by atoms with van der Waals surface area (Å²) in [5, 5.41) is 0. The number of sulfonamides is 1. The number of para-hydroxylation sites is 1. The second-order valence-electron chi connectivity index (χ2n) is 7.37. The third kappa shape index (κ3) is 7.75. The largest absolute Gasteiger partial charge is 0.433 e. The number of carbonyl (C=O) groups excluding carboxylic acids is 2. The van der Waals surface area contributed by atoms with Gasteiger partial charge in [0.1, 0.15) is 10.6 Å². The van der Waals surface area contributed by atoms with Crippen molar-refractivity contribution in [3.8, 4) is 5.75 Å². The average Bonchev–Trinajstić information content (AvgIpc) is 3.25. The minimum absolute atomic E-state index is 0.112. The first-order valence-corrected chi connectivity index (χ1v) is 13.6. The maximum Gasteiger partial charge on any atom is 0.387 e. The van der Waals surface area contributed by atoms with E-state index in [1.54, 1.807) is 19.9 Å². The van der Waals surface area contributed by atoms with Crippen LogP contribution in [-0.2, 0) is 10.0 Å². The fourth-order valence-electron chi connectivity index (χ4n) is 3.15. The van der Waals surface area contributed by atoms with Gasteiger partial charge in [-0.05, 0) is 44.9 Å². The summed E-state index contributed by atoms with van der Waals surface area (Å²) in [5.74, 6) is -1.01. The molecule has 1 N–H and O–H groups in total. The summed E-state index contributed by atoms with van der Waals surface area (Å²) >= 11 is 1.82. The van der Waals surface area contributed by atoms with Gasteiger partial charge in [-0.2, -0.15) is 8.78 Å². The number of hydrogen-bond acceptors (Lipinski definition) is 10. The van der Waals surface area contributed by atoms with Gasteiger partial charge in [-0.15, -0.1) is 0 Å². The van der Waals surface area contributed by atoms with Gasteiger partial charge < -0.3 is 4.74 Å². The van der Waals surface area contributed by atoms with Gasteiger partial charge in [0.25, 0.3) is 14.5 Å². The molecular formula is C20H23F2N5O5S3. The molecule has 1 saturated heterocycles. The lowest BCUT2D eigenvalue weighted by Crippen LogP contribution is -2.44. The van der Waals surface area contributed by atoms with Gasteiger partial charge in [0, 0.05) is 36.4 Å². The Kier molecular flexibility index (Phi) is 9.27. The lowest BCUT2D eigenvalue weighted by atomic mass is 10.3. The molecule has 0 unspecified atom stereocenters. The van der Waals surface area contributed by atoms with Crippen molar-refractivity contribution < 1.29 is 31.5 Å². The van der Waals surface area contributed by atoms with Crippen LogP contribution in [0.5, 0.6) is 5.75 Å². The number of nitrogens with zero attached hydrogens (tertiary/aromatic N) is 4. The second kappa shape index (κ2) is 12.0. The fourth-order valence-corrected chi connectivity index (χ4v) is 6.05. The number of benzene rings is 1. The molecular weight excluding hydrogens is 524 g/mol. The van der Waals surface area contributed by atoms with Gasteiger partial charge in [0.15, 0.2) is 0 Å². The summed E-state index contributed by atoms with van der Waals surface area (Å²) in [5.41, 5.74) is 1.04. The second-order valence-corrected chi connectivity index (χ2v) is 11.3. The van der Waals surface area contributed by atoms with Crippen molar-refractivity contribution in [1.82, 2.24) is 19.0 Å². The van der Waals surface area contributed by atoms with Crippen LogP contribution in [0.25, 0.3) is 0 Å². The zero-order chi connectivity index (χ0) is 25.6. The Balaban J connectivity index is 1.82. The van der Waals surface area contributed by atoms with Crippen LogP contribution >= 0.6 is 23.7 Å². The van der Waals surface area contributed by atoms with E-state index >= 15 is 0 Å². The number of nitrogens with one attached hydrogen (secondary N) is 1. The fraction of sp³-hybridized carbons (Fsp3) is 0.400. The summed E-state index contributed by atoms with van der Waals surface area (Å²) in [6, 6.07) is 5.18. The number of alkyl halides is 2. The summed E-state index contributed by atoms with van der Waals surface area (Å²) in [7, 11) is -4.63. The van der Waals surface area contributed by atoms with Crippen molar-refractivity contribution in [3.05, 3.63) is 41.7 Å². The monoisotopic (exact) mass is 547 g/mol. The number of carbonyl (C=O) groups is 2. The number of aryl methyl sites for hydroxylation is 2. The highest BCUT2D eigenvalue weighted by atomic mass is 32.2. The van der Waals surface area contributed by atoms with Crippen LogP contribution in [0, 0.1) is 13.8 Å². The SMILES string of the molecule is Cc1cc(C)nc(N(CSC(=O)SN2CCCC2)C(=O)NS(=O)(=O)c2ccccc2OC(F)F)n1. The van der Waals surface area contributed by atoms with Crippen LogP contribution in [0.2, 0.25) is 0 Å². The smallest absolute Gasteiger partial charge is 0.387 e. The molecule has 0 spiro atoms. The van der Waals surface area contributed by atoms with Gasteiger partial charge in [-0.3, -0.25) is 9.69 Å². The molecule has 0 saturated carbocycles. The van der Waals surface area contributed by atoms with E-state index < -0.39 is 33.3 Å². The number of thioether (sulfide) groups is 1. The van der Waals surface area contributed by atoms with E-state index in [9.17, 15) is 26.8 Å². The number of hydrogen-bond donors (Lipinski definition) is 1. The molecule has 2 heterocycles. The Hall–Kier alpha value is -2.49. The minimum atomic E-state index is -4.63. The zero-order valence-electron chi connectivity index (χ0n) is 18.8. The minimum Gasteiger partial charge on any atom is -0.433 e. The molecule has 15 heteroatoms. The zero-order valence-corrected chi connectivity index (χ0v) is 21.3. The van der Waals surface area contributed by atoms with Crippen molar-refractivity contribution in [1.29, 1.82) is 0 Å². The topological polar surface area (TPSA) is 122 Å². The maximum atomic E-state index is 13.1. The molecule has 10 nitrogen and oxygen atoms in total. The molecule has 190 valence electrons. The average molecular weight is 548 g/mol. The molecule has 1 fully saturated rings. The van der Waals surface area contributed by atoms with Gasteiger partial charge in [0.05, 0.1) is 5.88 Å². The van der Waals surface area contributed by atoms with E-state index in [1.807, 2.05) is 9.03 Å². The first kappa shape index (κ1) is 27.1. The highest BCUT2D eigenvalue weighted by Crippen LogP contribution is 2.28. The lowest BCUT2D eigenvalue weighted by molar-refractivity contribution is -0.0517. The Morgan fingerprint density at radius 3 is 2.43 bits per heavy atom. The Morgan fingerprint density at radius 2 is 1.80 bits per heavy atom. The molecule has 35 heavy (non-hydrogen) atoms. The number of anilines is 1. The number of halogens is 2. The van der Waals surface area contributed by atoms with Crippen LogP contribution in [0.15, 0.2) is 35.2 Å². The van der Waals surface area contributed by atoms with Crippen LogP contribution in [-0.4, -0.2) is 58.7 Å². The highest BCUT2D eigenvalue weighted by molar-refractivity contribution is 8.37. The van der Waals surface area contributed by atoms with E-state index in [1.165, 1.54) is 12.1 Å². The number of urea groups is 1. The first-order chi connectivity index (χ1) is 16.5. The van der Waals surface area contributed by atoms with Gasteiger partial charge >= 0.3 is 12.6 Å². The van der Waals surface area contributed by atoms with Crippen molar-refractivity contribution in [2.24, 2.45) is 0 Å². The van der Waals surface area contributed by atoms with E-state index in [0.717, 1.165) is 66.7 Å². The summed E-state index contributed by atoms with van der Waals surface area (Å²) in [6.07, 6.45) is 1.98. The van der Waals surface area contributed by atoms with Crippen LogP contribution in [0.4, 0.5) is 24.3 Å². The third-order valence-electron chi connectivity index (χ3n) is 4.61. The Morgan fingerprint density at radius 1 is 1.17 bits per heavy atom. The van der Waals surface area contributed by atoms with Crippen molar-refractivity contribution in [2.45, 2.75) is 38.2 Å². The van der Waals surface area contributed by atoms with Crippen molar-refractivity contribution in [3.63, 3.8) is 0 Å². The molecule has 0 bridgehead atoms. The highest BCUT2D eigenvalue weighted by Gasteiger charge is 2.29. The number of amides is 2. The van der Waals surface area contributed by atoms with Gasteiger partial charge in [0.2, 0.25) is 5.95 Å². The molecule has 1 aliphatic rings. The van der Waals surface area contributed by atoms with Crippen LogP contribution < -0.4 is 14.4 Å². The summed E-state index contributed by atoms with van der Waals surface area (Å²) in [4.78, 5) is 34.1. The van der Waals surface area contributed by atoms with E-state index in [2.05, 4.69) is 14.7 Å². The molecule has 1 aromatic heterocycles. The normalized spacial score (nSPS) is 14.2. The molecule has 2 aromatic rings. The summed E-state index contributed by atoms with van der Waals surface area (Å²) < 4.78 is 58.9. The number of aromatic nitrogens is 2. The standard InChI is InChI=1S/C20H23F2N5O5S3/c1-13-11-14(2)24-18(23-13)27(12-33-20(29)34-26-9-5-6-10-26)19(28)25-35(30,31)16-8-4-3-7-15(16)32-17(21)22/h3-4,7-8,11,17H,5-6,9-10,12H2,1-2H3,(H,25,28). The van der Waals surface area contributed by atoms with E-state index in [-0.39, 0.29) is 16.3 Å². The predicted octanol–water partition coefficient (Wildman–Crippen LogP) is 4.15. The molecule has 3 rings (SSSR count). The summed E-state index contributed by atoms with van der Waals surface area (Å²) in [6.45, 7) is 1.63.